The highest BCUT2D eigenvalue weighted by atomic mass is 35.5. The van der Waals surface area contributed by atoms with E-state index in [1.807, 2.05) is 0 Å². The maximum atomic E-state index is 13.7. The number of aliphatic hydroxyl groups excluding tert-OH is 1. The SMILES string of the molecule is COc1cccc(N2C(=O)C(=O)/C(=C(/O)c3cc(Cl)c(OC)cc3OC)C2c2ccc(F)cc2)c1. The van der Waals surface area contributed by atoms with Gasteiger partial charge in [-0.1, -0.05) is 29.8 Å². The Morgan fingerprint density at radius 2 is 1.63 bits per heavy atom. The normalized spacial score (nSPS) is 16.9. The molecule has 35 heavy (non-hydrogen) atoms. The van der Waals surface area contributed by atoms with Gasteiger partial charge in [-0.15, -0.1) is 0 Å². The van der Waals surface area contributed by atoms with Crippen LogP contribution in [0.25, 0.3) is 5.76 Å². The van der Waals surface area contributed by atoms with Crippen molar-refractivity contribution in [3.05, 3.63) is 88.2 Å². The molecule has 0 bridgehead atoms. The number of ether oxygens (including phenoxy) is 3. The fraction of sp³-hybridized carbons (Fsp3) is 0.154. The number of methoxy groups -OCH3 is 3. The average molecular weight is 498 g/mol. The first kappa shape index (κ1) is 24.1. The van der Waals surface area contributed by atoms with E-state index in [4.69, 9.17) is 25.8 Å². The molecule has 0 radical (unpaired) electrons. The first-order valence-electron chi connectivity index (χ1n) is 10.4. The molecule has 0 saturated carbocycles. The summed E-state index contributed by atoms with van der Waals surface area (Å²) in [6.07, 6.45) is 0. The molecule has 1 saturated heterocycles. The Morgan fingerprint density at radius 1 is 0.943 bits per heavy atom. The van der Waals surface area contributed by atoms with Crippen molar-refractivity contribution in [3.8, 4) is 17.2 Å². The third kappa shape index (κ3) is 4.28. The van der Waals surface area contributed by atoms with Crippen LogP contribution in [0.3, 0.4) is 0 Å². The van der Waals surface area contributed by atoms with Crippen LogP contribution in [-0.2, 0) is 9.59 Å². The molecule has 1 fully saturated rings. The van der Waals surface area contributed by atoms with Gasteiger partial charge < -0.3 is 19.3 Å². The van der Waals surface area contributed by atoms with E-state index >= 15 is 0 Å². The molecule has 1 atom stereocenters. The number of nitrogens with zero attached hydrogens (tertiary/aromatic N) is 1. The van der Waals surface area contributed by atoms with Crippen LogP contribution in [0.5, 0.6) is 17.2 Å². The summed E-state index contributed by atoms with van der Waals surface area (Å²) in [4.78, 5) is 27.8. The average Bonchev–Trinajstić information content (AvgIpc) is 3.14. The fourth-order valence-corrected chi connectivity index (χ4v) is 4.25. The van der Waals surface area contributed by atoms with Crippen molar-refractivity contribution in [1.82, 2.24) is 0 Å². The molecule has 7 nitrogen and oxygen atoms in total. The zero-order chi connectivity index (χ0) is 25.3. The Balaban J connectivity index is 1.98. The van der Waals surface area contributed by atoms with Gasteiger partial charge in [0, 0.05) is 17.8 Å². The van der Waals surface area contributed by atoms with Gasteiger partial charge in [-0.05, 0) is 35.9 Å². The second-order valence-corrected chi connectivity index (χ2v) is 8.02. The first-order valence-corrected chi connectivity index (χ1v) is 10.8. The maximum absolute atomic E-state index is 13.7. The topological polar surface area (TPSA) is 85.3 Å². The second kappa shape index (κ2) is 9.68. The Labute approximate surface area is 205 Å². The summed E-state index contributed by atoms with van der Waals surface area (Å²) in [7, 11) is 4.28. The first-order chi connectivity index (χ1) is 16.8. The number of carbonyl (C=O) groups excluding carboxylic acids is 2. The number of ketones is 1. The summed E-state index contributed by atoms with van der Waals surface area (Å²) in [6, 6.07) is 13.7. The number of benzene rings is 3. The van der Waals surface area contributed by atoms with Crippen molar-refractivity contribution >= 4 is 34.7 Å². The Hall–Kier alpha value is -4.04. The lowest BCUT2D eigenvalue weighted by Crippen LogP contribution is -2.29. The molecular formula is C26H21ClFNO6. The molecule has 0 aliphatic carbocycles. The standard InChI is InChI=1S/C26H21ClFNO6/c1-33-17-6-4-5-16(11-17)29-23(14-7-9-15(28)10-8-14)22(25(31)26(29)32)24(30)18-12-19(27)21(35-3)13-20(18)34-2/h4-13,23,30H,1-3H3/b24-22+. The van der Waals surface area contributed by atoms with Gasteiger partial charge in [0.05, 0.1) is 43.5 Å². The minimum Gasteiger partial charge on any atom is -0.507 e. The van der Waals surface area contributed by atoms with Crippen molar-refractivity contribution in [1.29, 1.82) is 0 Å². The Morgan fingerprint density at radius 3 is 2.26 bits per heavy atom. The van der Waals surface area contributed by atoms with E-state index in [9.17, 15) is 19.1 Å². The van der Waals surface area contributed by atoms with E-state index in [1.54, 1.807) is 24.3 Å². The van der Waals surface area contributed by atoms with Crippen LogP contribution in [0.2, 0.25) is 5.02 Å². The van der Waals surface area contributed by atoms with Crippen LogP contribution in [0.4, 0.5) is 10.1 Å². The molecule has 1 unspecified atom stereocenters. The summed E-state index contributed by atoms with van der Waals surface area (Å²) in [6.45, 7) is 0. The lowest BCUT2D eigenvalue weighted by Gasteiger charge is -2.26. The minimum absolute atomic E-state index is 0.0917. The minimum atomic E-state index is -1.06. The van der Waals surface area contributed by atoms with Crippen LogP contribution in [0.15, 0.2) is 66.2 Å². The molecule has 1 amide bonds. The Bertz CT molecular complexity index is 1340. The zero-order valence-corrected chi connectivity index (χ0v) is 19.8. The number of amides is 1. The molecule has 180 valence electrons. The van der Waals surface area contributed by atoms with E-state index in [2.05, 4.69) is 0 Å². The molecule has 3 aromatic carbocycles. The fourth-order valence-electron chi connectivity index (χ4n) is 4.01. The number of hydrogen-bond donors (Lipinski definition) is 1. The van der Waals surface area contributed by atoms with Crippen LogP contribution in [0, 0.1) is 5.82 Å². The van der Waals surface area contributed by atoms with Crippen LogP contribution in [-0.4, -0.2) is 38.1 Å². The molecule has 1 heterocycles. The van der Waals surface area contributed by atoms with Gasteiger partial charge in [0.15, 0.2) is 0 Å². The van der Waals surface area contributed by atoms with Crippen molar-refractivity contribution in [2.45, 2.75) is 6.04 Å². The summed E-state index contributed by atoms with van der Waals surface area (Å²) in [5.41, 5.74) is 0.658. The van der Waals surface area contributed by atoms with E-state index < -0.39 is 29.3 Å². The molecular weight excluding hydrogens is 477 g/mol. The maximum Gasteiger partial charge on any atom is 0.300 e. The predicted molar refractivity (Wildman–Crippen MR) is 129 cm³/mol. The summed E-state index contributed by atoms with van der Waals surface area (Å²) >= 11 is 6.27. The van der Waals surface area contributed by atoms with Gasteiger partial charge in [0.25, 0.3) is 11.7 Å². The molecule has 1 aliphatic rings. The Kier molecular flexibility index (Phi) is 6.66. The van der Waals surface area contributed by atoms with Gasteiger partial charge >= 0.3 is 0 Å². The zero-order valence-electron chi connectivity index (χ0n) is 19.0. The van der Waals surface area contributed by atoms with Crippen molar-refractivity contribution in [2.75, 3.05) is 26.2 Å². The molecule has 0 aromatic heterocycles. The van der Waals surface area contributed by atoms with E-state index in [-0.39, 0.29) is 21.9 Å². The number of anilines is 1. The lowest BCUT2D eigenvalue weighted by molar-refractivity contribution is -0.132. The van der Waals surface area contributed by atoms with E-state index in [1.165, 1.54) is 62.6 Å². The predicted octanol–water partition coefficient (Wildman–Crippen LogP) is 5.13. The van der Waals surface area contributed by atoms with Crippen molar-refractivity contribution in [3.63, 3.8) is 0 Å². The monoisotopic (exact) mass is 497 g/mol. The molecule has 9 heteroatoms. The number of rotatable bonds is 6. The molecule has 0 spiro atoms. The smallest absolute Gasteiger partial charge is 0.300 e. The number of halogens is 2. The van der Waals surface area contributed by atoms with Crippen molar-refractivity contribution in [2.24, 2.45) is 0 Å². The van der Waals surface area contributed by atoms with Crippen LogP contribution >= 0.6 is 11.6 Å². The highest BCUT2D eigenvalue weighted by Crippen LogP contribution is 2.45. The third-order valence-corrected chi connectivity index (χ3v) is 5.99. The molecule has 1 aliphatic heterocycles. The van der Waals surface area contributed by atoms with Crippen molar-refractivity contribution < 1.29 is 33.3 Å². The largest absolute Gasteiger partial charge is 0.507 e. The number of carbonyl (C=O) groups is 2. The van der Waals surface area contributed by atoms with Gasteiger partial charge in [0.2, 0.25) is 0 Å². The van der Waals surface area contributed by atoms with Crippen LogP contribution < -0.4 is 19.1 Å². The summed E-state index contributed by atoms with van der Waals surface area (Å²) in [5, 5.41) is 11.5. The van der Waals surface area contributed by atoms with Gasteiger partial charge in [-0.2, -0.15) is 0 Å². The number of hydrogen-bond acceptors (Lipinski definition) is 6. The molecule has 4 rings (SSSR count). The van der Waals surface area contributed by atoms with Gasteiger partial charge in [0.1, 0.15) is 28.8 Å². The molecule has 3 aromatic rings. The van der Waals surface area contributed by atoms with Gasteiger partial charge in [-0.25, -0.2) is 4.39 Å². The summed E-state index contributed by atoms with van der Waals surface area (Å²) in [5.74, 6) is -1.84. The van der Waals surface area contributed by atoms with Gasteiger partial charge in [-0.3, -0.25) is 14.5 Å². The third-order valence-electron chi connectivity index (χ3n) is 5.69. The van der Waals surface area contributed by atoms with Crippen LogP contribution in [0.1, 0.15) is 17.2 Å². The second-order valence-electron chi connectivity index (χ2n) is 7.61. The number of Topliss-reactive ketones (excluding diaryl/α,β-unsaturated/α-hetero) is 1. The molecule has 1 N–H and O–H groups in total. The summed E-state index contributed by atoms with van der Waals surface area (Å²) < 4.78 is 29.6. The highest BCUT2D eigenvalue weighted by Gasteiger charge is 2.47. The quantitative estimate of drug-likeness (QED) is 0.289. The highest BCUT2D eigenvalue weighted by molar-refractivity contribution is 6.51. The van der Waals surface area contributed by atoms with E-state index in [0.717, 1.165) is 0 Å². The van der Waals surface area contributed by atoms with E-state index in [0.29, 0.717) is 22.7 Å². The lowest BCUT2D eigenvalue weighted by atomic mass is 9.94. The number of aliphatic hydroxyl groups is 1.